The van der Waals surface area contributed by atoms with E-state index in [1.807, 2.05) is 4.90 Å². The molecular formula is C18H28N2O4. The molecular weight excluding hydrogens is 308 g/mol. The Hall–Kier alpha value is -1.85. The van der Waals surface area contributed by atoms with Gasteiger partial charge in [0.2, 0.25) is 11.8 Å². The van der Waals surface area contributed by atoms with Crippen LogP contribution in [0.1, 0.15) is 81.1 Å². The number of ether oxygens (including phenoxy) is 1. The SMILES string of the molecule is CCCCCC(=O)N(Cc1nc(C(=O)OC)co1)C1CCCCC1. The van der Waals surface area contributed by atoms with Crippen LogP contribution in [0.15, 0.2) is 10.7 Å². The zero-order chi connectivity index (χ0) is 17.4. The van der Waals surface area contributed by atoms with Crippen LogP contribution in [-0.2, 0) is 16.1 Å². The number of carbonyl (C=O) groups is 2. The van der Waals surface area contributed by atoms with E-state index in [-0.39, 0.29) is 17.6 Å². The van der Waals surface area contributed by atoms with Crippen LogP contribution in [0.5, 0.6) is 0 Å². The number of methoxy groups -OCH3 is 1. The molecule has 6 nitrogen and oxygen atoms in total. The summed E-state index contributed by atoms with van der Waals surface area (Å²) in [5.74, 6) is 0.0291. The summed E-state index contributed by atoms with van der Waals surface area (Å²) in [4.78, 5) is 30.2. The first-order valence-electron chi connectivity index (χ1n) is 8.98. The van der Waals surface area contributed by atoms with Crippen molar-refractivity contribution in [3.8, 4) is 0 Å². The predicted molar refractivity (Wildman–Crippen MR) is 89.4 cm³/mol. The van der Waals surface area contributed by atoms with Crippen molar-refractivity contribution in [1.29, 1.82) is 0 Å². The maximum absolute atomic E-state index is 12.7. The van der Waals surface area contributed by atoms with Crippen molar-refractivity contribution in [3.05, 3.63) is 17.8 Å². The predicted octanol–water partition coefficient (Wildman–Crippen LogP) is 3.70. The summed E-state index contributed by atoms with van der Waals surface area (Å²) in [6.07, 6.45) is 10.5. The first-order valence-corrected chi connectivity index (χ1v) is 8.98. The fraction of sp³-hybridized carbons (Fsp3) is 0.722. The second-order valence-electron chi connectivity index (χ2n) is 6.39. The Morgan fingerprint density at radius 2 is 2.04 bits per heavy atom. The van der Waals surface area contributed by atoms with E-state index in [1.54, 1.807) is 0 Å². The van der Waals surface area contributed by atoms with Crippen LogP contribution >= 0.6 is 0 Å². The molecule has 1 fully saturated rings. The van der Waals surface area contributed by atoms with Gasteiger partial charge >= 0.3 is 5.97 Å². The first kappa shape index (κ1) is 18.5. The topological polar surface area (TPSA) is 72.6 Å². The van der Waals surface area contributed by atoms with Crippen molar-refractivity contribution in [2.24, 2.45) is 0 Å². The average Bonchev–Trinajstić information content (AvgIpc) is 3.08. The summed E-state index contributed by atoms with van der Waals surface area (Å²) in [6.45, 7) is 2.46. The number of amides is 1. The lowest BCUT2D eigenvalue weighted by Crippen LogP contribution is -2.41. The van der Waals surface area contributed by atoms with E-state index in [0.29, 0.717) is 18.9 Å². The van der Waals surface area contributed by atoms with Gasteiger partial charge in [0, 0.05) is 12.5 Å². The number of oxazole rings is 1. The van der Waals surface area contributed by atoms with E-state index in [9.17, 15) is 9.59 Å². The highest BCUT2D eigenvalue weighted by Gasteiger charge is 2.27. The molecule has 0 saturated heterocycles. The Morgan fingerprint density at radius 1 is 1.29 bits per heavy atom. The van der Waals surface area contributed by atoms with Gasteiger partial charge in [-0.2, -0.15) is 0 Å². The van der Waals surface area contributed by atoms with E-state index in [0.717, 1.165) is 44.9 Å². The van der Waals surface area contributed by atoms with Gasteiger partial charge < -0.3 is 14.1 Å². The third kappa shape index (κ3) is 5.08. The summed E-state index contributed by atoms with van der Waals surface area (Å²) >= 11 is 0. The number of hydrogen-bond donors (Lipinski definition) is 0. The molecule has 1 aliphatic rings. The molecule has 24 heavy (non-hydrogen) atoms. The molecule has 0 atom stereocenters. The zero-order valence-corrected chi connectivity index (χ0v) is 14.8. The fourth-order valence-corrected chi connectivity index (χ4v) is 3.21. The minimum absolute atomic E-state index is 0.148. The lowest BCUT2D eigenvalue weighted by molar-refractivity contribution is -0.135. The molecule has 1 saturated carbocycles. The van der Waals surface area contributed by atoms with E-state index in [1.165, 1.54) is 19.8 Å². The highest BCUT2D eigenvalue weighted by molar-refractivity contribution is 5.86. The van der Waals surface area contributed by atoms with Crippen molar-refractivity contribution >= 4 is 11.9 Å². The number of aromatic nitrogens is 1. The Kier molecular flexibility index (Phi) is 7.28. The van der Waals surface area contributed by atoms with Gasteiger partial charge in [-0.15, -0.1) is 0 Å². The van der Waals surface area contributed by atoms with Crippen molar-refractivity contribution in [2.45, 2.75) is 77.3 Å². The largest absolute Gasteiger partial charge is 0.464 e. The molecule has 6 heteroatoms. The lowest BCUT2D eigenvalue weighted by Gasteiger charge is -2.33. The van der Waals surface area contributed by atoms with Crippen LogP contribution in [0.2, 0.25) is 0 Å². The maximum atomic E-state index is 12.7. The van der Waals surface area contributed by atoms with E-state index < -0.39 is 5.97 Å². The monoisotopic (exact) mass is 336 g/mol. The van der Waals surface area contributed by atoms with E-state index in [4.69, 9.17) is 4.42 Å². The second-order valence-corrected chi connectivity index (χ2v) is 6.39. The molecule has 0 spiro atoms. The van der Waals surface area contributed by atoms with Crippen LogP contribution in [0, 0.1) is 0 Å². The molecule has 1 aromatic rings. The molecule has 1 amide bonds. The molecule has 0 aromatic carbocycles. The van der Waals surface area contributed by atoms with Crippen LogP contribution in [-0.4, -0.2) is 34.9 Å². The molecule has 0 N–H and O–H groups in total. The lowest BCUT2D eigenvalue weighted by atomic mass is 9.93. The quantitative estimate of drug-likeness (QED) is 0.534. The maximum Gasteiger partial charge on any atom is 0.360 e. The summed E-state index contributed by atoms with van der Waals surface area (Å²) in [6, 6.07) is 0.251. The number of hydrogen-bond acceptors (Lipinski definition) is 5. The number of unbranched alkanes of at least 4 members (excludes halogenated alkanes) is 2. The Balaban J connectivity index is 2.05. The zero-order valence-electron chi connectivity index (χ0n) is 14.8. The van der Waals surface area contributed by atoms with Crippen LogP contribution < -0.4 is 0 Å². The summed E-state index contributed by atoms with van der Waals surface area (Å²) < 4.78 is 10.0. The standard InChI is InChI=1S/C18H28N2O4/c1-3-4-6-11-17(21)20(14-9-7-5-8-10-14)12-16-19-15(13-24-16)18(22)23-2/h13-14H,3-12H2,1-2H3. The van der Waals surface area contributed by atoms with Crippen LogP contribution in [0.4, 0.5) is 0 Å². The van der Waals surface area contributed by atoms with Crippen molar-refractivity contribution < 1.29 is 18.7 Å². The molecule has 1 heterocycles. The minimum atomic E-state index is -0.525. The van der Waals surface area contributed by atoms with Gasteiger partial charge in [-0.25, -0.2) is 9.78 Å². The molecule has 0 radical (unpaired) electrons. The van der Waals surface area contributed by atoms with Gasteiger partial charge in [0.25, 0.3) is 0 Å². The normalized spacial score (nSPS) is 15.2. The van der Waals surface area contributed by atoms with Gasteiger partial charge in [0.1, 0.15) is 6.26 Å². The van der Waals surface area contributed by atoms with Crippen LogP contribution in [0.3, 0.4) is 0 Å². The van der Waals surface area contributed by atoms with Gasteiger partial charge in [-0.3, -0.25) is 4.79 Å². The van der Waals surface area contributed by atoms with Gasteiger partial charge in [-0.05, 0) is 19.3 Å². The van der Waals surface area contributed by atoms with Gasteiger partial charge in [0.05, 0.1) is 13.7 Å². The van der Waals surface area contributed by atoms with Crippen LogP contribution in [0.25, 0.3) is 0 Å². The number of nitrogens with zero attached hydrogens (tertiary/aromatic N) is 2. The smallest absolute Gasteiger partial charge is 0.360 e. The molecule has 1 aromatic heterocycles. The number of esters is 1. The third-order valence-electron chi connectivity index (χ3n) is 4.58. The Labute approximate surface area is 143 Å². The van der Waals surface area contributed by atoms with E-state index in [2.05, 4.69) is 16.6 Å². The second kappa shape index (κ2) is 9.45. The van der Waals surface area contributed by atoms with Crippen molar-refractivity contribution in [1.82, 2.24) is 9.88 Å². The average molecular weight is 336 g/mol. The number of rotatable bonds is 8. The van der Waals surface area contributed by atoms with Crippen molar-refractivity contribution in [2.75, 3.05) is 7.11 Å². The highest BCUT2D eigenvalue weighted by atomic mass is 16.5. The molecule has 2 rings (SSSR count). The van der Waals surface area contributed by atoms with Gasteiger partial charge in [-0.1, -0.05) is 39.0 Å². The molecule has 1 aliphatic carbocycles. The molecule has 0 unspecified atom stereocenters. The molecule has 134 valence electrons. The Morgan fingerprint density at radius 3 is 2.71 bits per heavy atom. The Bertz CT molecular complexity index is 535. The minimum Gasteiger partial charge on any atom is -0.464 e. The molecule has 0 aliphatic heterocycles. The van der Waals surface area contributed by atoms with Crippen molar-refractivity contribution in [3.63, 3.8) is 0 Å². The van der Waals surface area contributed by atoms with Gasteiger partial charge in [0.15, 0.2) is 5.69 Å². The summed E-state index contributed by atoms with van der Waals surface area (Å²) in [5.41, 5.74) is 0.148. The fourth-order valence-electron chi connectivity index (χ4n) is 3.21. The first-order chi connectivity index (χ1) is 11.7. The van der Waals surface area contributed by atoms with E-state index >= 15 is 0 Å². The molecule has 0 bridgehead atoms. The summed E-state index contributed by atoms with van der Waals surface area (Å²) in [7, 11) is 1.31. The highest BCUT2D eigenvalue weighted by Crippen LogP contribution is 2.25. The summed E-state index contributed by atoms with van der Waals surface area (Å²) in [5, 5.41) is 0. The number of carbonyl (C=O) groups excluding carboxylic acids is 2. The third-order valence-corrected chi connectivity index (χ3v) is 4.58.